The van der Waals surface area contributed by atoms with Crippen LogP contribution in [0, 0.1) is 0 Å². The first-order chi connectivity index (χ1) is 12.6. The Balaban J connectivity index is 1.85. The summed E-state index contributed by atoms with van der Waals surface area (Å²) in [6.45, 7) is 1.63. The van der Waals surface area contributed by atoms with Crippen molar-refractivity contribution in [2.45, 2.75) is 15.5 Å². The maximum absolute atomic E-state index is 5.94. The molecule has 3 aromatic rings. The van der Waals surface area contributed by atoms with Gasteiger partial charge in [-0.3, -0.25) is 4.98 Å². The van der Waals surface area contributed by atoms with Crippen LogP contribution in [0.25, 0.3) is 10.9 Å². The number of hydrogen-bond acceptors (Lipinski definition) is 7. The minimum absolute atomic E-state index is 0.642. The summed E-state index contributed by atoms with van der Waals surface area (Å²) in [6, 6.07) is 9.94. The number of rotatable bonds is 8. The summed E-state index contributed by atoms with van der Waals surface area (Å²) in [5.41, 5.74) is 6.73. The predicted octanol–water partition coefficient (Wildman–Crippen LogP) is 4.37. The van der Waals surface area contributed by atoms with Gasteiger partial charge in [0.15, 0.2) is 11.5 Å². The average molecular weight is 390 g/mol. The van der Waals surface area contributed by atoms with E-state index in [2.05, 4.69) is 24.0 Å². The normalized spacial score (nSPS) is 11.2. The number of fused-ring (bicyclic) bond motifs is 1. The van der Waals surface area contributed by atoms with Crippen LogP contribution in [0.2, 0.25) is 0 Å². The maximum Gasteiger partial charge on any atom is 0.163 e. The molecule has 3 rings (SSSR count). The molecule has 2 N–H and O–H groups in total. The minimum atomic E-state index is 0.642. The topological polar surface area (TPSA) is 60.6 Å². The van der Waals surface area contributed by atoms with E-state index in [9.17, 15) is 0 Å². The van der Waals surface area contributed by atoms with Crippen LogP contribution in [-0.2, 0) is 0 Å². The van der Waals surface area contributed by atoms with E-state index in [4.69, 9.17) is 15.2 Å². The van der Waals surface area contributed by atoms with Gasteiger partial charge in [-0.15, -0.1) is 11.3 Å². The number of anilines is 1. The molecule has 0 aliphatic rings. The molecule has 0 aliphatic carbocycles. The summed E-state index contributed by atoms with van der Waals surface area (Å²) in [5, 5.41) is 1.86. The fourth-order valence-electron chi connectivity index (χ4n) is 2.55. The van der Waals surface area contributed by atoms with Gasteiger partial charge < -0.3 is 20.1 Å². The second-order valence-electron chi connectivity index (χ2n) is 6.09. The van der Waals surface area contributed by atoms with Crippen molar-refractivity contribution in [2.24, 2.45) is 0 Å². The Labute approximate surface area is 162 Å². The van der Waals surface area contributed by atoms with Gasteiger partial charge in [-0.2, -0.15) is 0 Å². The molecule has 0 radical (unpaired) electrons. The molecule has 0 saturated carbocycles. The van der Waals surface area contributed by atoms with Crippen LogP contribution in [0.1, 0.15) is 6.42 Å². The Bertz CT molecular complexity index is 880. The largest absolute Gasteiger partial charge is 0.493 e. The monoisotopic (exact) mass is 389 g/mol. The molecular formula is C19H23N3O2S2. The van der Waals surface area contributed by atoms with Crippen molar-refractivity contribution < 1.29 is 9.47 Å². The fourth-order valence-corrected chi connectivity index (χ4v) is 4.53. The van der Waals surface area contributed by atoms with Crippen molar-refractivity contribution in [1.29, 1.82) is 0 Å². The number of thiophene rings is 1. The van der Waals surface area contributed by atoms with Gasteiger partial charge in [0.1, 0.15) is 0 Å². The summed E-state index contributed by atoms with van der Waals surface area (Å²) in [4.78, 5) is 7.76. The number of hydrogen-bond donors (Lipinski definition) is 1. The van der Waals surface area contributed by atoms with Crippen LogP contribution >= 0.6 is 23.1 Å². The van der Waals surface area contributed by atoms with Crippen LogP contribution in [0.4, 0.5) is 5.00 Å². The third kappa shape index (κ3) is 4.60. The lowest BCUT2D eigenvalue weighted by molar-refractivity contribution is 0.268. The van der Waals surface area contributed by atoms with Crippen LogP contribution in [0.15, 0.2) is 45.6 Å². The molecule has 0 spiro atoms. The van der Waals surface area contributed by atoms with Gasteiger partial charge in [0.25, 0.3) is 0 Å². The van der Waals surface area contributed by atoms with E-state index in [1.165, 1.54) is 0 Å². The van der Waals surface area contributed by atoms with Gasteiger partial charge in [0.05, 0.1) is 28.4 Å². The smallest absolute Gasteiger partial charge is 0.163 e. The second kappa shape index (κ2) is 8.62. The Morgan fingerprint density at radius 1 is 1.19 bits per heavy atom. The zero-order valence-corrected chi connectivity index (χ0v) is 16.8. The van der Waals surface area contributed by atoms with E-state index in [0.29, 0.717) is 6.61 Å². The summed E-state index contributed by atoms with van der Waals surface area (Å²) in [5.74, 6) is 1.46. The molecule has 0 saturated heterocycles. The summed E-state index contributed by atoms with van der Waals surface area (Å²) in [7, 11) is 5.78. The fraction of sp³-hybridized carbons (Fsp3) is 0.316. The highest BCUT2D eigenvalue weighted by Crippen LogP contribution is 2.40. The van der Waals surface area contributed by atoms with Crippen LogP contribution < -0.4 is 15.2 Å². The van der Waals surface area contributed by atoms with E-state index in [0.717, 1.165) is 49.5 Å². The third-order valence-corrected chi connectivity index (χ3v) is 5.93. The molecule has 0 fully saturated rings. The zero-order valence-electron chi connectivity index (χ0n) is 15.2. The SMILES string of the molecule is COc1cc2c(Sc3ccc(N)s3)ccnc2cc1OCCCN(C)C. The first-order valence-electron chi connectivity index (χ1n) is 8.34. The van der Waals surface area contributed by atoms with Gasteiger partial charge >= 0.3 is 0 Å². The summed E-state index contributed by atoms with van der Waals surface area (Å²) in [6.07, 6.45) is 2.78. The lowest BCUT2D eigenvalue weighted by Gasteiger charge is -2.14. The van der Waals surface area contributed by atoms with Gasteiger partial charge in [0, 0.05) is 29.1 Å². The quantitative estimate of drug-likeness (QED) is 0.577. The zero-order chi connectivity index (χ0) is 18.5. The molecule has 0 aliphatic heterocycles. The van der Waals surface area contributed by atoms with Crippen molar-refractivity contribution in [3.05, 3.63) is 36.5 Å². The summed E-state index contributed by atoms with van der Waals surface area (Å²) >= 11 is 3.26. The number of nitrogen functional groups attached to an aromatic ring is 1. The number of pyridine rings is 1. The standard InChI is InChI=1S/C19H23N3O2S2/c1-22(2)9-4-10-24-16-12-14-13(11-15(16)23-3)17(7-8-21-14)25-19-6-5-18(20)26-19/h5-8,11-12H,4,9-10,20H2,1-3H3. The molecule has 26 heavy (non-hydrogen) atoms. The van der Waals surface area contributed by atoms with Gasteiger partial charge in [-0.25, -0.2) is 0 Å². The molecule has 0 unspecified atom stereocenters. The predicted molar refractivity (Wildman–Crippen MR) is 110 cm³/mol. The number of nitrogens with zero attached hydrogens (tertiary/aromatic N) is 2. The number of nitrogens with two attached hydrogens (primary N) is 1. The lowest BCUT2D eigenvalue weighted by Crippen LogP contribution is -2.15. The van der Waals surface area contributed by atoms with E-state index < -0.39 is 0 Å². The number of methoxy groups -OCH3 is 1. The van der Waals surface area contributed by atoms with E-state index in [1.807, 2.05) is 36.5 Å². The molecule has 2 aromatic heterocycles. The second-order valence-corrected chi connectivity index (χ2v) is 8.55. The van der Waals surface area contributed by atoms with Gasteiger partial charge in [-0.1, -0.05) is 11.8 Å². The molecule has 2 heterocycles. The molecule has 7 heteroatoms. The van der Waals surface area contributed by atoms with Crippen LogP contribution in [0.5, 0.6) is 11.5 Å². The number of ether oxygens (including phenoxy) is 2. The Kier molecular flexibility index (Phi) is 6.24. The number of benzene rings is 1. The Morgan fingerprint density at radius 2 is 2.04 bits per heavy atom. The van der Waals surface area contributed by atoms with Gasteiger partial charge in [-0.05, 0) is 44.8 Å². The van der Waals surface area contributed by atoms with E-state index in [1.54, 1.807) is 30.2 Å². The Hall–Kier alpha value is -1.96. The highest BCUT2D eigenvalue weighted by atomic mass is 32.2. The lowest BCUT2D eigenvalue weighted by atomic mass is 10.2. The highest BCUT2D eigenvalue weighted by Gasteiger charge is 2.12. The minimum Gasteiger partial charge on any atom is -0.493 e. The average Bonchev–Trinajstić information content (AvgIpc) is 3.03. The molecular weight excluding hydrogens is 366 g/mol. The maximum atomic E-state index is 5.94. The molecule has 5 nitrogen and oxygen atoms in total. The van der Waals surface area contributed by atoms with Crippen LogP contribution in [-0.4, -0.2) is 44.2 Å². The molecule has 0 atom stereocenters. The molecule has 0 amide bonds. The number of aromatic nitrogens is 1. The first-order valence-corrected chi connectivity index (χ1v) is 9.97. The first kappa shape index (κ1) is 18.8. The van der Waals surface area contributed by atoms with E-state index in [-0.39, 0.29) is 0 Å². The molecule has 1 aromatic carbocycles. The van der Waals surface area contributed by atoms with Crippen molar-refractivity contribution in [3.8, 4) is 11.5 Å². The summed E-state index contributed by atoms with van der Waals surface area (Å²) < 4.78 is 12.6. The van der Waals surface area contributed by atoms with Gasteiger partial charge in [0.2, 0.25) is 0 Å². The third-order valence-electron chi connectivity index (χ3n) is 3.81. The Morgan fingerprint density at radius 3 is 2.73 bits per heavy atom. The van der Waals surface area contributed by atoms with Crippen molar-refractivity contribution in [3.63, 3.8) is 0 Å². The van der Waals surface area contributed by atoms with Crippen molar-refractivity contribution in [1.82, 2.24) is 9.88 Å². The molecule has 0 bridgehead atoms. The van der Waals surface area contributed by atoms with E-state index >= 15 is 0 Å². The molecule has 138 valence electrons. The van der Waals surface area contributed by atoms with Crippen LogP contribution in [0.3, 0.4) is 0 Å². The highest BCUT2D eigenvalue weighted by molar-refractivity contribution is 8.01. The van der Waals surface area contributed by atoms with Crippen molar-refractivity contribution >= 4 is 39.0 Å². The van der Waals surface area contributed by atoms with Crippen molar-refractivity contribution in [2.75, 3.05) is 40.1 Å².